The van der Waals surface area contributed by atoms with Crippen molar-refractivity contribution in [1.29, 1.82) is 0 Å². The van der Waals surface area contributed by atoms with E-state index < -0.39 is 11.9 Å². The maximum absolute atomic E-state index is 13.8. The van der Waals surface area contributed by atoms with Crippen LogP contribution in [-0.4, -0.2) is 29.6 Å². The highest BCUT2D eigenvalue weighted by Crippen LogP contribution is 2.20. The Morgan fingerprint density at radius 1 is 1.00 bits per heavy atom. The SMILES string of the molecule is Cc1cc(C(=O)NCCCCC(Nc2cc(C)c(F)c(C)c2)C(=O)NO)ccc1F. The van der Waals surface area contributed by atoms with E-state index in [9.17, 15) is 18.4 Å². The van der Waals surface area contributed by atoms with Crippen molar-refractivity contribution in [3.63, 3.8) is 0 Å². The highest BCUT2D eigenvalue weighted by atomic mass is 19.1. The molecule has 6 nitrogen and oxygen atoms in total. The summed E-state index contributed by atoms with van der Waals surface area (Å²) in [5.41, 5.74) is 3.92. The number of hydroxylamine groups is 1. The lowest BCUT2D eigenvalue weighted by Gasteiger charge is -2.19. The fourth-order valence-electron chi connectivity index (χ4n) is 3.14. The minimum Gasteiger partial charge on any atom is -0.374 e. The molecule has 2 aromatic rings. The lowest BCUT2D eigenvalue weighted by atomic mass is 10.1. The largest absolute Gasteiger partial charge is 0.374 e. The topological polar surface area (TPSA) is 90.5 Å². The molecule has 1 unspecified atom stereocenters. The van der Waals surface area contributed by atoms with E-state index in [2.05, 4.69) is 10.6 Å². The van der Waals surface area contributed by atoms with Crippen molar-refractivity contribution in [3.8, 4) is 0 Å². The Kier molecular flexibility index (Phi) is 8.29. The van der Waals surface area contributed by atoms with Gasteiger partial charge in [0.05, 0.1) is 0 Å². The number of benzene rings is 2. The minimum absolute atomic E-state index is 0.293. The van der Waals surface area contributed by atoms with Gasteiger partial charge in [-0.15, -0.1) is 0 Å². The normalized spacial score (nSPS) is 11.7. The maximum atomic E-state index is 13.8. The highest BCUT2D eigenvalue weighted by molar-refractivity contribution is 5.94. The monoisotopic (exact) mass is 419 g/mol. The van der Waals surface area contributed by atoms with Crippen LogP contribution in [0.2, 0.25) is 0 Å². The first-order chi connectivity index (χ1) is 14.2. The minimum atomic E-state index is -0.713. The van der Waals surface area contributed by atoms with E-state index in [1.54, 1.807) is 38.4 Å². The molecule has 0 saturated carbocycles. The second-order valence-corrected chi connectivity index (χ2v) is 7.31. The zero-order chi connectivity index (χ0) is 22.3. The molecule has 0 fully saturated rings. The molecule has 0 aromatic heterocycles. The predicted octanol–water partition coefficient (Wildman–Crippen LogP) is 3.78. The molecule has 2 rings (SSSR count). The van der Waals surface area contributed by atoms with E-state index in [0.717, 1.165) is 0 Å². The molecule has 0 saturated heterocycles. The number of halogens is 2. The second kappa shape index (κ2) is 10.7. The van der Waals surface area contributed by atoms with Crippen LogP contribution in [0.3, 0.4) is 0 Å². The standard InChI is InChI=1S/C22H27F2N3O3/c1-13-10-16(7-8-18(13)23)21(28)25-9-5-4-6-19(22(29)27-30)26-17-11-14(2)20(24)15(3)12-17/h7-8,10-12,19,26,30H,4-6,9H2,1-3H3,(H,25,28)(H,27,29). The summed E-state index contributed by atoms with van der Waals surface area (Å²) in [6.07, 6.45) is 1.59. The Hall–Kier alpha value is -3.00. The third-order valence-corrected chi connectivity index (χ3v) is 4.83. The molecular formula is C22H27F2N3O3. The van der Waals surface area contributed by atoms with E-state index in [1.807, 2.05) is 0 Å². The number of hydrogen-bond acceptors (Lipinski definition) is 4. The molecular weight excluding hydrogens is 392 g/mol. The molecule has 30 heavy (non-hydrogen) atoms. The average Bonchev–Trinajstić information content (AvgIpc) is 2.71. The summed E-state index contributed by atoms with van der Waals surface area (Å²) >= 11 is 0. The number of nitrogens with one attached hydrogen (secondary N) is 3. The van der Waals surface area contributed by atoms with Crippen LogP contribution >= 0.6 is 0 Å². The Labute approximate surface area is 174 Å². The van der Waals surface area contributed by atoms with Gasteiger partial charge in [-0.2, -0.15) is 0 Å². The zero-order valence-corrected chi connectivity index (χ0v) is 17.3. The van der Waals surface area contributed by atoms with Gasteiger partial charge in [-0.05, 0) is 87.1 Å². The van der Waals surface area contributed by atoms with Crippen LogP contribution in [0.25, 0.3) is 0 Å². The summed E-state index contributed by atoms with van der Waals surface area (Å²) in [7, 11) is 0. The second-order valence-electron chi connectivity index (χ2n) is 7.31. The third kappa shape index (κ3) is 6.25. The van der Waals surface area contributed by atoms with Crippen molar-refractivity contribution in [3.05, 3.63) is 64.2 Å². The summed E-state index contributed by atoms with van der Waals surface area (Å²) < 4.78 is 27.1. The van der Waals surface area contributed by atoms with Gasteiger partial charge in [0, 0.05) is 17.8 Å². The number of rotatable bonds is 9. The molecule has 2 aromatic carbocycles. The van der Waals surface area contributed by atoms with Gasteiger partial charge in [-0.3, -0.25) is 14.8 Å². The summed E-state index contributed by atoms with van der Waals surface area (Å²) in [4.78, 5) is 24.1. The number of aryl methyl sites for hydroxylation is 3. The summed E-state index contributed by atoms with van der Waals surface area (Å²) in [6, 6.07) is 6.66. The summed E-state index contributed by atoms with van der Waals surface area (Å²) in [6.45, 7) is 5.26. The zero-order valence-electron chi connectivity index (χ0n) is 17.3. The van der Waals surface area contributed by atoms with Crippen LogP contribution in [0.1, 0.15) is 46.3 Å². The van der Waals surface area contributed by atoms with E-state index in [4.69, 9.17) is 5.21 Å². The van der Waals surface area contributed by atoms with Crippen molar-refractivity contribution in [2.45, 2.75) is 46.1 Å². The Bertz CT molecular complexity index is 895. The number of unbranched alkanes of at least 4 members (excludes halogenated alkanes) is 1. The quantitative estimate of drug-likeness (QED) is 0.283. The van der Waals surface area contributed by atoms with Crippen LogP contribution in [0.4, 0.5) is 14.5 Å². The van der Waals surface area contributed by atoms with E-state index in [1.165, 1.54) is 18.2 Å². The number of hydrogen-bond donors (Lipinski definition) is 4. The van der Waals surface area contributed by atoms with Crippen LogP contribution < -0.4 is 16.1 Å². The number of amides is 2. The predicted molar refractivity (Wildman–Crippen MR) is 111 cm³/mol. The van der Waals surface area contributed by atoms with Gasteiger partial charge in [-0.1, -0.05) is 0 Å². The lowest BCUT2D eigenvalue weighted by Crippen LogP contribution is -2.38. The molecule has 8 heteroatoms. The highest BCUT2D eigenvalue weighted by Gasteiger charge is 2.18. The lowest BCUT2D eigenvalue weighted by molar-refractivity contribution is -0.130. The van der Waals surface area contributed by atoms with Gasteiger partial charge in [0.15, 0.2) is 0 Å². The number of anilines is 1. The number of carbonyl (C=O) groups excluding carboxylic acids is 2. The molecule has 0 aliphatic heterocycles. The molecule has 162 valence electrons. The fourth-order valence-corrected chi connectivity index (χ4v) is 3.14. The van der Waals surface area contributed by atoms with Crippen LogP contribution in [0, 0.1) is 32.4 Å². The first-order valence-electron chi connectivity index (χ1n) is 9.74. The van der Waals surface area contributed by atoms with Crippen LogP contribution in [-0.2, 0) is 4.79 Å². The molecule has 0 aliphatic carbocycles. The first-order valence-corrected chi connectivity index (χ1v) is 9.74. The molecule has 0 spiro atoms. The Balaban J connectivity index is 1.85. The van der Waals surface area contributed by atoms with Gasteiger partial charge >= 0.3 is 0 Å². The van der Waals surface area contributed by atoms with Crippen LogP contribution in [0.15, 0.2) is 30.3 Å². The van der Waals surface area contributed by atoms with E-state index >= 15 is 0 Å². The maximum Gasteiger partial charge on any atom is 0.265 e. The summed E-state index contributed by atoms with van der Waals surface area (Å²) in [5, 5.41) is 14.8. The molecule has 1 atom stereocenters. The first kappa shape index (κ1) is 23.3. The van der Waals surface area contributed by atoms with E-state index in [0.29, 0.717) is 53.7 Å². The molecule has 4 N–H and O–H groups in total. The van der Waals surface area contributed by atoms with Gasteiger partial charge in [0.1, 0.15) is 17.7 Å². The fraction of sp³-hybridized carbons (Fsp3) is 0.364. The Morgan fingerprint density at radius 3 is 2.27 bits per heavy atom. The average molecular weight is 419 g/mol. The van der Waals surface area contributed by atoms with Crippen molar-refractivity contribution in [1.82, 2.24) is 10.8 Å². The van der Waals surface area contributed by atoms with E-state index in [-0.39, 0.29) is 17.5 Å². The van der Waals surface area contributed by atoms with Crippen molar-refractivity contribution in [2.24, 2.45) is 0 Å². The number of carbonyl (C=O) groups is 2. The molecule has 0 aliphatic rings. The van der Waals surface area contributed by atoms with Gasteiger partial charge in [-0.25, -0.2) is 14.3 Å². The van der Waals surface area contributed by atoms with Crippen molar-refractivity contribution < 1.29 is 23.6 Å². The van der Waals surface area contributed by atoms with Gasteiger partial charge < -0.3 is 10.6 Å². The van der Waals surface area contributed by atoms with Crippen LogP contribution in [0.5, 0.6) is 0 Å². The van der Waals surface area contributed by atoms with Gasteiger partial charge in [0.2, 0.25) is 0 Å². The van der Waals surface area contributed by atoms with Crippen molar-refractivity contribution in [2.75, 3.05) is 11.9 Å². The van der Waals surface area contributed by atoms with Crippen molar-refractivity contribution >= 4 is 17.5 Å². The Morgan fingerprint density at radius 2 is 1.67 bits per heavy atom. The molecule has 0 radical (unpaired) electrons. The molecule has 0 bridgehead atoms. The summed E-state index contributed by atoms with van der Waals surface area (Å²) in [5.74, 6) is -1.55. The third-order valence-electron chi connectivity index (χ3n) is 4.83. The van der Waals surface area contributed by atoms with Gasteiger partial charge in [0.25, 0.3) is 11.8 Å². The molecule has 0 heterocycles. The smallest absolute Gasteiger partial charge is 0.265 e. The molecule has 2 amide bonds.